The molecule has 5 nitrogen and oxygen atoms in total. The molecule has 1 heterocycles. The third-order valence-electron chi connectivity index (χ3n) is 4.72. The standard InChI is InChI=1S/C15H27NO4/c1-4-15(5-2,13(18)19)10-12(17)16-11-14(3)6-8-20-9-7-14/h4-11H2,1-3H3,(H,16,17)(H,18,19). The molecular formula is C15H27NO4. The molecule has 1 aliphatic heterocycles. The van der Waals surface area contributed by atoms with E-state index in [0.29, 0.717) is 19.4 Å². The van der Waals surface area contributed by atoms with Crippen molar-refractivity contribution in [1.82, 2.24) is 5.32 Å². The van der Waals surface area contributed by atoms with Gasteiger partial charge in [-0.2, -0.15) is 0 Å². The maximum Gasteiger partial charge on any atom is 0.310 e. The normalized spacial score (nSPS) is 18.6. The Morgan fingerprint density at radius 3 is 2.25 bits per heavy atom. The summed E-state index contributed by atoms with van der Waals surface area (Å²) in [6.45, 7) is 7.85. The van der Waals surface area contributed by atoms with Gasteiger partial charge in [0.15, 0.2) is 0 Å². The first-order valence-electron chi connectivity index (χ1n) is 7.45. The number of carboxylic acids is 1. The maximum atomic E-state index is 12.1. The average Bonchev–Trinajstić information content (AvgIpc) is 2.43. The summed E-state index contributed by atoms with van der Waals surface area (Å²) in [5.74, 6) is -1.04. The third kappa shape index (κ3) is 4.20. The topological polar surface area (TPSA) is 75.6 Å². The first kappa shape index (κ1) is 17.0. The van der Waals surface area contributed by atoms with Crippen LogP contribution in [0.2, 0.25) is 0 Å². The lowest BCUT2D eigenvalue weighted by atomic mass is 9.78. The lowest BCUT2D eigenvalue weighted by Crippen LogP contribution is -2.42. The maximum absolute atomic E-state index is 12.1. The summed E-state index contributed by atoms with van der Waals surface area (Å²) in [6.07, 6.45) is 2.86. The largest absolute Gasteiger partial charge is 0.481 e. The number of nitrogens with one attached hydrogen (secondary N) is 1. The smallest absolute Gasteiger partial charge is 0.310 e. The van der Waals surface area contributed by atoms with Gasteiger partial charge in [0.25, 0.3) is 0 Å². The van der Waals surface area contributed by atoms with Crippen LogP contribution in [0.1, 0.15) is 52.9 Å². The monoisotopic (exact) mass is 285 g/mol. The molecule has 5 heteroatoms. The summed E-state index contributed by atoms with van der Waals surface area (Å²) in [5.41, 5.74) is -0.862. The van der Waals surface area contributed by atoms with E-state index in [9.17, 15) is 14.7 Å². The molecule has 0 spiro atoms. The minimum Gasteiger partial charge on any atom is -0.481 e. The molecule has 1 amide bonds. The average molecular weight is 285 g/mol. The zero-order chi connectivity index (χ0) is 15.2. The van der Waals surface area contributed by atoms with Gasteiger partial charge in [0.05, 0.1) is 5.41 Å². The summed E-state index contributed by atoms with van der Waals surface area (Å²) in [5, 5.41) is 12.3. The van der Waals surface area contributed by atoms with Crippen molar-refractivity contribution in [2.24, 2.45) is 10.8 Å². The molecule has 0 aromatic heterocycles. The Balaban J connectivity index is 2.52. The molecule has 2 N–H and O–H groups in total. The van der Waals surface area contributed by atoms with Crippen LogP contribution < -0.4 is 5.32 Å². The molecule has 0 aromatic rings. The Morgan fingerprint density at radius 1 is 1.25 bits per heavy atom. The zero-order valence-electron chi connectivity index (χ0n) is 12.8. The van der Waals surface area contributed by atoms with Crippen molar-refractivity contribution in [1.29, 1.82) is 0 Å². The first-order chi connectivity index (χ1) is 9.37. The molecule has 0 atom stereocenters. The highest BCUT2D eigenvalue weighted by atomic mass is 16.5. The van der Waals surface area contributed by atoms with Crippen molar-refractivity contribution in [3.05, 3.63) is 0 Å². The van der Waals surface area contributed by atoms with Crippen LogP contribution in [-0.4, -0.2) is 36.7 Å². The predicted octanol–water partition coefficient (Wildman–Crippen LogP) is 2.20. The van der Waals surface area contributed by atoms with Crippen molar-refractivity contribution in [3.8, 4) is 0 Å². The fraction of sp³-hybridized carbons (Fsp3) is 0.867. The number of ether oxygens (including phenoxy) is 1. The second kappa shape index (κ2) is 7.07. The van der Waals surface area contributed by atoms with Gasteiger partial charge in [0, 0.05) is 26.2 Å². The van der Waals surface area contributed by atoms with Crippen molar-refractivity contribution in [2.45, 2.75) is 52.9 Å². The van der Waals surface area contributed by atoms with E-state index < -0.39 is 11.4 Å². The first-order valence-corrected chi connectivity index (χ1v) is 7.45. The number of amides is 1. The molecule has 20 heavy (non-hydrogen) atoms. The van der Waals surface area contributed by atoms with Crippen LogP contribution >= 0.6 is 0 Å². The number of aliphatic carboxylic acids is 1. The molecule has 0 aliphatic carbocycles. The van der Waals surface area contributed by atoms with Gasteiger partial charge in [-0.05, 0) is 31.1 Å². The Labute approximate surface area is 121 Å². The molecule has 0 radical (unpaired) electrons. The van der Waals surface area contributed by atoms with Gasteiger partial charge in [0.2, 0.25) is 5.91 Å². The quantitative estimate of drug-likeness (QED) is 0.752. The zero-order valence-corrected chi connectivity index (χ0v) is 12.8. The van der Waals surface area contributed by atoms with Crippen molar-refractivity contribution >= 4 is 11.9 Å². The highest BCUT2D eigenvalue weighted by molar-refractivity contribution is 5.84. The number of carbonyl (C=O) groups excluding carboxylic acids is 1. The molecule has 1 aliphatic rings. The van der Waals surface area contributed by atoms with Gasteiger partial charge in [-0.15, -0.1) is 0 Å². The van der Waals surface area contributed by atoms with Crippen LogP contribution in [0.5, 0.6) is 0 Å². The number of carboxylic acid groups (broad SMARTS) is 1. The molecule has 1 fully saturated rings. The number of rotatable bonds is 7. The summed E-state index contributed by atoms with van der Waals surface area (Å²) in [7, 11) is 0. The van der Waals surface area contributed by atoms with E-state index in [1.165, 1.54) is 0 Å². The number of carbonyl (C=O) groups is 2. The van der Waals surface area contributed by atoms with E-state index in [4.69, 9.17) is 4.74 Å². The van der Waals surface area contributed by atoms with E-state index in [0.717, 1.165) is 26.1 Å². The molecule has 116 valence electrons. The lowest BCUT2D eigenvalue weighted by Gasteiger charge is -2.34. The number of hydrogen-bond acceptors (Lipinski definition) is 3. The van der Waals surface area contributed by atoms with Gasteiger partial charge < -0.3 is 15.2 Å². The van der Waals surface area contributed by atoms with Gasteiger partial charge >= 0.3 is 5.97 Å². The Kier molecular flexibility index (Phi) is 5.99. The van der Waals surface area contributed by atoms with E-state index in [1.54, 1.807) is 0 Å². The van der Waals surface area contributed by atoms with Crippen LogP contribution in [0.25, 0.3) is 0 Å². The minimum absolute atomic E-state index is 0.0575. The second-order valence-electron chi connectivity index (χ2n) is 6.17. The Bertz CT molecular complexity index is 344. The van der Waals surface area contributed by atoms with Gasteiger partial charge in [-0.1, -0.05) is 20.8 Å². The Morgan fingerprint density at radius 2 is 1.80 bits per heavy atom. The molecule has 0 saturated carbocycles. The van der Waals surface area contributed by atoms with E-state index in [2.05, 4.69) is 12.2 Å². The highest BCUT2D eigenvalue weighted by Crippen LogP contribution is 2.32. The van der Waals surface area contributed by atoms with Crippen LogP contribution in [0, 0.1) is 10.8 Å². The minimum atomic E-state index is -0.930. The summed E-state index contributed by atoms with van der Waals surface area (Å²) >= 11 is 0. The lowest BCUT2D eigenvalue weighted by molar-refractivity contribution is -0.152. The van der Waals surface area contributed by atoms with Crippen molar-refractivity contribution < 1.29 is 19.4 Å². The van der Waals surface area contributed by atoms with Gasteiger partial charge in [-0.3, -0.25) is 9.59 Å². The summed E-state index contributed by atoms with van der Waals surface area (Å²) in [6, 6.07) is 0. The molecule has 0 bridgehead atoms. The van der Waals surface area contributed by atoms with Crippen molar-refractivity contribution in [3.63, 3.8) is 0 Å². The molecular weight excluding hydrogens is 258 g/mol. The molecule has 1 rings (SSSR count). The summed E-state index contributed by atoms with van der Waals surface area (Å²) < 4.78 is 5.33. The van der Waals surface area contributed by atoms with Gasteiger partial charge in [0.1, 0.15) is 0 Å². The van der Waals surface area contributed by atoms with E-state index >= 15 is 0 Å². The fourth-order valence-electron chi connectivity index (χ4n) is 2.60. The predicted molar refractivity (Wildman–Crippen MR) is 76.4 cm³/mol. The molecule has 0 aromatic carbocycles. The van der Waals surface area contributed by atoms with Crippen LogP contribution in [0.4, 0.5) is 0 Å². The van der Waals surface area contributed by atoms with Crippen LogP contribution in [0.3, 0.4) is 0 Å². The fourth-order valence-corrected chi connectivity index (χ4v) is 2.60. The summed E-state index contributed by atoms with van der Waals surface area (Å²) in [4.78, 5) is 23.5. The SMILES string of the molecule is CCC(CC)(CC(=O)NCC1(C)CCOCC1)C(=O)O. The van der Waals surface area contributed by atoms with E-state index in [1.807, 2.05) is 13.8 Å². The van der Waals surface area contributed by atoms with Gasteiger partial charge in [-0.25, -0.2) is 0 Å². The van der Waals surface area contributed by atoms with Crippen LogP contribution in [-0.2, 0) is 14.3 Å². The molecule has 1 saturated heterocycles. The second-order valence-corrected chi connectivity index (χ2v) is 6.17. The van der Waals surface area contributed by atoms with E-state index in [-0.39, 0.29) is 17.7 Å². The van der Waals surface area contributed by atoms with Crippen molar-refractivity contribution in [2.75, 3.05) is 19.8 Å². The Hall–Kier alpha value is -1.10. The van der Waals surface area contributed by atoms with Crippen LogP contribution in [0.15, 0.2) is 0 Å². The number of hydrogen-bond donors (Lipinski definition) is 2. The third-order valence-corrected chi connectivity index (χ3v) is 4.72. The molecule has 0 unspecified atom stereocenters. The highest BCUT2D eigenvalue weighted by Gasteiger charge is 2.37.